The summed E-state index contributed by atoms with van der Waals surface area (Å²) in [6, 6.07) is 5.89. The van der Waals surface area contributed by atoms with Crippen molar-refractivity contribution in [1.29, 1.82) is 0 Å². The SMILES string of the molecule is CC(C)(C)OC(=O)N1C[C@H](NC(=O)c2cnc3cc(Cl)ccc3c2)CC[C@H]1c1nnc(C2CC(OC(F)(F)F)C2)o1. The van der Waals surface area contributed by atoms with Gasteiger partial charge in [0.2, 0.25) is 11.8 Å². The molecule has 3 aromatic rings. The topological polar surface area (TPSA) is 120 Å². The van der Waals surface area contributed by atoms with Gasteiger partial charge in [-0.2, -0.15) is 0 Å². The number of aromatic nitrogens is 3. The number of carbonyl (C=O) groups is 2. The molecule has 1 aromatic carbocycles. The first-order valence-electron chi connectivity index (χ1n) is 13.2. The van der Waals surface area contributed by atoms with Gasteiger partial charge < -0.3 is 14.5 Å². The van der Waals surface area contributed by atoms with Crippen molar-refractivity contribution in [3.8, 4) is 0 Å². The molecule has 0 radical (unpaired) electrons. The molecule has 2 fully saturated rings. The molecule has 0 unspecified atom stereocenters. The number of ether oxygens (including phenoxy) is 2. The van der Waals surface area contributed by atoms with Crippen molar-refractivity contribution < 1.29 is 36.7 Å². The van der Waals surface area contributed by atoms with E-state index < -0.39 is 36.2 Å². The van der Waals surface area contributed by atoms with Crippen molar-refractivity contribution >= 4 is 34.5 Å². The van der Waals surface area contributed by atoms with E-state index in [0.717, 1.165) is 5.39 Å². The predicted molar refractivity (Wildman–Crippen MR) is 140 cm³/mol. The second-order valence-corrected chi connectivity index (χ2v) is 11.7. The average Bonchev–Trinajstić information content (AvgIpc) is 3.33. The van der Waals surface area contributed by atoms with Crippen LogP contribution in [0.2, 0.25) is 5.02 Å². The number of alkyl halides is 3. The van der Waals surface area contributed by atoms with Crippen LogP contribution in [0.4, 0.5) is 18.0 Å². The van der Waals surface area contributed by atoms with Gasteiger partial charge in [0.25, 0.3) is 5.91 Å². The highest BCUT2D eigenvalue weighted by molar-refractivity contribution is 6.31. The van der Waals surface area contributed by atoms with Crippen LogP contribution in [0.15, 0.2) is 34.9 Å². The second-order valence-electron chi connectivity index (χ2n) is 11.3. The van der Waals surface area contributed by atoms with Crippen LogP contribution in [-0.4, -0.2) is 62.7 Å². The summed E-state index contributed by atoms with van der Waals surface area (Å²) >= 11 is 6.02. The Kier molecular flexibility index (Phi) is 7.86. The molecule has 0 bridgehead atoms. The fourth-order valence-electron chi connectivity index (χ4n) is 4.95. The molecule has 41 heavy (non-hydrogen) atoms. The van der Waals surface area contributed by atoms with Gasteiger partial charge in [-0.25, -0.2) is 4.79 Å². The van der Waals surface area contributed by atoms with Crippen LogP contribution in [0.3, 0.4) is 0 Å². The lowest BCUT2D eigenvalue weighted by Gasteiger charge is -2.38. The molecule has 1 saturated heterocycles. The number of carbonyl (C=O) groups excluding carboxylic acids is 2. The number of rotatable bonds is 5. The molecule has 0 spiro atoms. The third kappa shape index (κ3) is 7.07. The number of hydrogen-bond donors (Lipinski definition) is 1. The van der Waals surface area contributed by atoms with Crippen molar-refractivity contribution in [3.63, 3.8) is 0 Å². The molecule has 2 atom stereocenters. The molecule has 220 valence electrons. The zero-order valence-electron chi connectivity index (χ0n) is 22.6. The van der Waals surface area contributed by atoms with Gasteiger partial charge >= 0.3 is 12.5 Å². The minimum absolute atomic E-state index is 0.104. The molecule has 5 rings (SSSR count). The van der Waals surface area contributed by atoms with Crippen LogP contribution in [0.25, 0.3) is 10.9 Å². The minimum atomic E-state index is -4.70. The lowest BCUT2D eigenvalue weighted by atomic mass is 9.82. The van der Waals surface area contributed by atoms with E-state index in [1.807, 2.05) is 0 Å². The number of pyridine rings is 1. The van der Waals surface area contributed by atoms with Gasteiger partial charge in [0.05, 0.1) is 17.2 Å². The summed E-state index contributed by atoms with van der Waals surface area (Å²) in [6.07, 6.45) is -3.72. The van der Waals surface area contributed by atoms with E-state index in [9.17, 15) is 22.8 Å². The molecule has 14 heteroatoms. The number of fused-ring (bicyclic) bond motifs is 1. The molecule has 1 aliphatic heterocycles. The van der Waals surface area contributed by atoms with Crippen LogP contribution in [-0.2, 0) is 9.47 Å². The van der Waals surface area contributed by atoms with Crippen LogP contribution in [0.5, 0.6) is 0 Å². The summed E-state index contributed by atoms with van der Waals surface area (Å²) < 4.78 is 52.9. The van der Waals surface area contributed by atoms with E-state index in [-0.39, 0.29) is 43.0 Å². The van der Waals surface area contributed by atoms with Gasteiger partial charge in [-0.15, -0.1) is 23.4 Å². The summed E-state index contributed by atoms with van der Waals surface area (Å²) in [5.74, 6) is -0.344. The largest absolute Gasteiger partial charge is 0.522 e. The molecule has 3 heterocycles. The Balaban J connectivity index is 1.28. The van der Waals surface area contributed by atoms with Crippen molar-refractivity contribution in [2.75, 3.05) is 6.54 Å². The summed E-state index contributed by atoms with van der Waals surface area (Å²) in [5.41, 5.74) is 0.243. The Labute approximate surface area is 238 Å². The number of halogens is 4. The van der Waals surface area contributed by atoms with Gasteiger partial charge in [-0.1, -0.05) is 17.7 Å². The number of nitrogens with zero attached hydrogens (tertiary/aromatic N) is 4. The highest BCUT2D eigenvalue weighted by Crippen LogP contribution is 2.42. The molecule has 1 N–H and O–H groups in total. The summed E-state index contributed by atoms with van der Waals surface area (Å²) in [7, 11) is 0. The van der Waals surface area contributed by atoms with Gasteiger partial charge in [0.15, 0.2) is 0 Å². The molecule has 2 aliphatic rings. The molecule has 1 saturated carbocycles. The Morgan fingerprint density at radius 3 is 2.54 bits per heavy atom. The number of amides is 2. The zero-order valence-corrected chi connectivity index (χ0v) is 23.3. The van der Waals surface area contributed by atoms with Crippen LogP contribution < -0.4 is 5.32 Å². The molecule has 10 nitrogen and oxygen atoms in total. The smallest absolute Gasteiger partial charge is 0.444 e. The molecule has 2 amide bonds. The van der Waals surface area contributed by atoms with Gasteiger partial charge in [0.1, 0.15) is 11.6 Å². The van der Waals surface area contributed by atoms with Gasteiger partial charge in [-0.05, 0) is 64.7 Å². The Morgan fingerprint density at radius 2 is 1.83 bits per heavy atom. The first-order chi connectivity index (χ1) is 19.2. The minimum Gasteiger partial charge on any atom is -0.444 e. The molecular formula is C27H29ClF3N5O5. The Bertz CT molecular complexity index is 1440. The van der Waals surface area contributed by atoms with Crippen LogP contribution >= 0.6 is 11.6 Å². The van der Waals surface area contributed by atoms with E-state index >= 15 is 0 Å². The second kappa shape index (κ2) is 11.1. The lowest BCUT2D eigenvalue weighted by molar-refractivity contribution is -0.352. The maximum atomic E-state index is 13.2. The normalized spacial score (nSPS) is 23.2. The maximum absolute atomic E-state index is 13.2. The maximum Gasteiger partial charge on any atom is 0.522 e. The van der Waals surface area contributed by atoms with Crippen molar-refractivity contribution in [3.05, 3.63) is 52.8 Å². The molecule has 2 aromatic heterocycles. The van der Waals surface area contributed by atoms with E-state index in [4.69, 9.17) is 20.8 Å². The highest BCUT2D eigenvalue weighted by Gasteiger charge is 2.44. The van der Waals surface area contributed by atoms with E-state index in [1.165, 1.54) is 11.1 Å². The van der Waals surface area contributed by atoms with E-state index in [2.05, 4.69) is 25.2 Å². The fraction of sp³-hybridized carbons (Fsp3) is 0.519. The quantitative estimate of drug-likeness (QED) is 0.386. The Morgan fingerprint density at radius 1 is 1.10 bits per heavy atom. The first-order valence-corrected chi connectivity index (χ1v) is 13.6. The number of benzene rings is 1. The average molecular weight is 596 g/mol. The molecular weight excluding hydrogens is 567 g/mol. The number of nitrogens with one attached hydrogen (secondary N) is 1. The molecule has 1 aliphatic carbocycles. The number of likely N-dealkylation sites (tertiary alicyclic amines) is 1. The van der Waals surface area contributed by atoms with Crippen molar-refractivity contribution in [2.24, 2.45) is 0 Å². The standard InChI is InChI=1S/C27H29ClF3N5O5/c1-26(2,3)41-25(38)36-13-18(33-22(37)16-8-14-4-5-17(28)11-20(14)32-12-16)6-7-21(36)24-35-34-23(39-24)15-9-19(10-15)40-27(29,30)31/h4-5,8,11-12,15,18-19,21H,6-7,9-10,13H2,1-3H3,(H,33,37)/t15?,18-,19?,21+/m1/s1. The fourth-order valence-corrected chi connectivity index (χ4v) is 5.12. The van der Waals surface area contributed by atoms with Gasteiger partial charge in [0, 0.05) is 35.1 Å². The zero-order chi connectivity index (χ0) is 29.5. The van der Waals surface area contributed by atoms with E-state index in [1.54, 1.807) is 45.0 Å². The number of hydrogen-bond acceptors (Lipinski definition) is 8. The van der Waals surface area contributed by atoms with E-state index in [0.29, 0.717) is 28.9 Å². The van der Waals surface area contributed by atoms with Crippen molar-refractivity contribution in [2.45, 2.75) is 82.5 Å². The third-order valence-corrected chi connectivity index (χ3v) is 7.17. The van der Waals surface area contributed by atoms with Gasteiger partial charge in [-0.3, -0.25) is 19.4 Å². The summed E-state index contributed by atoms with van der Waals surface area (Å²) in [5, 5.41) is 12.4. The monoisotopic (exact) mass is 595 g/mol. The predicted octanol–water partition coefficient (Wildman–Crippen LogP) is 5.92. The Hall–Kier alpha value is -3.45. The highest BCUT2D eigenvalue weighted by atomic mass is 35.5. The van der Waals surface area contributed by atoms with Crippen LogP contribution in [0.1, 0.15) is 80.6 Å². The summed E-state index contributed by atoms with van der Waals surface area (Å²) in [6.45, 7) is 5.34. The number of piperidine rings is 1. The van der Waals surface area contributed by atoms with Crippen LogP contribution in [0, 0.1) is 0 Å². The summed E-state index contributed by atoms with van der Waals surface area (Å²) in [4.78, 5) is 32.1. The first kappa shape index (κ1) is 29.1. The third-order valence-electron chi connectivity index (χ3n) is 6.94. The lowest BCUT2D eigenvalue weighted by Crippen LogP contribution is -2.52. The van der Waals surface area contributed by atoms with Crippen molar-refractivity contribution in [1.82, 2.24) is 25.4 Å².